The molecule has 3 unspecified atom stereocenters. The molecule has 1 N–H and O–H groups in total. The lowest BCUT2D eigenvalue weighted by Crippen LogP contribution is -2.52. The van der Waals surface area contributed by atoms with Gasteiger partial charge in [0.15, 0.2) is 0 Å². The van der Waals surface area contributed by atoms with Gasteiger partial charge in [0.25, 0.3) is 0 Å². The SMILES string of the molecule is CC1CN(C(C)CNC(=O)CCOCc2ccccc2)CC(C)O1. The first-order valence-electron chi connectivity index (χ1n) is 8.82. The normalized spacial score (nSPS) is 23.0. The second-order valence-electron chi connectivity index (χ2n) is 6.65. The molecule has 0 bridgehead atoms. The van der Waals surface area contributed by atoms with Gasteiger partial charge in [-0.1, -0.05) is 30.3 Å². The van der Waals surface area contributed by atoms with Crippen LogP contribution in [0.3, 0.4) is 0 Å². The molecule has 0 spiro atoms. The van der Waals surface area contributed by atoms with Crippen molar-refractivity contribution in [3.63, 3.8) is 0 Å². The molecule has 1 saturated heterocycles. The fourth-order valence-electron chi connectivity index (χ4n) is 2.99. The number of nitrogens with one attached hydrogen (secondary N) is 1. The van der Waals surface area contributed by atoms with Crippen LogP contribution in [0.5, 0.6) is 0 Å². The van der Waals surface area contributed by atoms with E-state index in [1.54, 1.807) is 0 Å². The van der Waals surface area contributed by atoms with Gasteiger partial charge in [0.05, 0.1) is 25.4 Å². The molecule has 0 radical (unpaired) electrons. The van der Waals surface area contributed by atoms with Gasteiger partial charge in [0.2, 0.25) is 5.91 Å². The number of ether oxygens (including phenoxy) is 2. The predicted octanol–water partition coefficient (Wildman–Crippen LogP) is 2.21. The Hall–Kier alpha value is -1.43. The van der Waals surface area contributed by atoms with Gasteiger partial charge in [-0.15, -0.1) is 0 Å². The van der Waals surface area contributed by atoms with Crippen molar-refractivity contribution in [1.29, 1.82) is 0 Å². The Morgan fingerprint density at radius 2 is 1.96 bits per heavy atom. The summed E-state index contributed by atoms with van der Waals surface area (Å²) in [5.41, 5.74) is 1.13. The molecular formula is C19H30N2O3. The Morgan fingerprint density at radius 1 is 1.29 bits per heavy atom. The van der Waals surface area contributed by atoms with Crippen LogP contribution >= 0.6 is 0 Å². The number of hydrogen-bond donors (Lipinski definition) is 1. The van der Waals surface area contributed by atoms with Gasteiger partial charge in [0, 0.05) is 32.1 Å². The molecule has 1 fully saturated rings. The van der Waals surface area contributed by atoms with E-state index in [1.807, 2.05) is 30.3 Å². The molecule has 24 heavy (non-hydrogen) atoms. The van der Waals surface area contributed by atoms with Crippen LogP contribution in [0.1, 0.15) is 32.8 Å². The minimum atomic E-state index is 0.0456. The number of benzene rings is 1. The molecular weight excluding hydrogens is 304 g/mol. The summed E-state index contributed by atoms with van der Waals surface area (Å²) in [6, 6.07) is 10.3. The van der Waals surface area contributed by atoms with E-state index in [1.165, 1.54) is 0 Å². The highest BCUT2D eigenvalue weighted by atomic mass is 16.5. The first-order valence-corrected chi connectivity index (χ1v) is 8.82. The van der Waals surface area contributed by atoms with E-state index < -0.39 is 0 Å². The van der Waals surface area contributed by atoms with Gasteiger partial charge in [0.1, 0.15) is 0 Å². The minimum absolute atomic E-state index is 0.0456. The minimum Gasteiger partial charge on any atom is -0.376 e. The van der Waals surface area contributed by atoms with Gasteiger partial charge in [-0.2, -0.15) is 0 Å². The van der Waals surface area contributed by atoms with Gasteiger partial charge < -0.3 is 14.8 Å². The average molecular weight is 334 g/mol. The van der Waals surface area contributed by atoms with Gasteiger partial charge in [-0.3, -0.25) is 9.69 Å². The Kier molecular flexibility index (Phi) is 7.69. The quantitative estimate of drug-likeness (QED) is 0.741. The molecule has 1 aromatic carbocycles. The highest BCUT2D eigenvalue weighted by Crippen LogP contribution is 2.13. The standard InChI is InChI=1S/C19H30N2O3/c1-15(21-12-16(2)24-17(3)13-21)11-20-19(22)9-10-23-14-18-7-5-4-6-8-18/h4-8,15-17H,9-14H2,1-3H3,(H,20,22). The average Bonchev–Trinajstić information content (AvgIpc) is 2.56. The van der Waals surface area contributed by atoms with Crippen molar-refractivity contribution in [3.05, 3.63) is 35.9 Å². The second-order valence-corrected chi connectivity index (χ2v) is 6.65. The number of amides is 1. The van der Waals surface area contributed by atoms with E-state index in [0.29, 0.717) is 32.2 Å². The van der Waals surface area contributed by atoms with Crippen molar-refractivity contribution < 1.29 is 14.3 Å². The van der Waals surface area contributed by atoms with Crippen molar-refractivity contribution >= 4 is 5.91 Å². The second kappa shape index (κ2) is 9.77. The summed E-state index contributed by atoms with van der Waals surface area (Å²) in [6.45, 7) is 9.84. The largest absolute Gasteiger partial charge is 0.376 e. The van der Waals surface area contributed by atoms with Crippen LogP contribution in [0.15, 0.2) is 30.3 Å². The van der Waals surface area contributed by atoms with Crippen molar-refractivity contribution in [2.45, 2.75) is 52.0 Å². The van der Waals surface area contributed by atoms with Crippen LogP contribution in [0.2, 0.25) is 0 Å². The third-order valence-electron chi connectivity index (χ3n) is 4.25. The monoisotopic (exact) mass is 334 g/mol. The summed E-state index contributed by atoms with van der Waals surface area (Å²) in [5.74, 6) is 0.0456. The number of hydrogen-bond acceptors (Lipinski definition) is 4. The van der Waals surface area contributed by atoms with Crippen LogP contribution in [-0.4, -0.2) is 55.3 Å². The topological polar surface area (TPSA) is 50.8 Å². The number of carbonyl (C=O) groups excluding carboxylic acids is 1. The van der Waals surface area contributed by atoms with E-state index in [4.69, 9.17) is 9.47 Å². The summed E-state index contributed by atoms with van der Waals surface area (Å²) >= 11 is 0. The molecule has 3 atom stereocenters. The van der Waals surface area contributed by atoms with Crippen LogP contribution in [0, 0.1) is 0 Å². The number of carbonyl (C=O) groups is 1. The molecule has 5 heteroatoms. The third kappa shape index (κ3) is 6.59. The molecule has 0 saturated carbocycles. The first-order chi connectivity index (χ1) is 11.5. The smallest absolute Gasteiger partial charge is 0.222 e. The van der Waals surface area contributed by atoms with E-state index in [-0.39, 0.29) is 18.1 Å². The van der Waals surface area contributed by atoms with Crippen LogP contribution in [0.4, 0.5) is 0 Å². The Balaban J connectivity index is 1.58. The van der Waals surface area contributed by atoms with Gasteiger partial charge in [-0.25, -0.2) is 0 Å². The molecule has 134 valence electrons. The molecule has 2 rings (SSSR count). The van der Waals surface area contributed by atoms with E-state index in [9.17, 15) is 4.79 Å². The maximum Gasteiger partial charge on any atom is 0.222 e. The first kappa shape index (κ1) is 18.9. The van der Waals surface area contributed by atoms with E-state index in [0.717, 1.165) is 18.7 Å². The zero-order chi connectivity index (χ0) is 17.4. The molecule has 1 aliphatic rings. The molecule has 0 aromatic heterocycles. The summed E-state index contributed by atoms with van der Waals surface area (Å²) < 4.78 is 11.3. The molecule has 1 amide bonds. The summed E-state index contributed by atoms with van der Waals surface area (Å²) in [5, 5.41) is 3.01. The Labute approximate surface area is 145 Å². The third-order valence-corrected chi connectivity index (χ3v) is 4.25. The highest BCUT2D eigenvalue weighted by Gasteiger charge is 2.25. The maximum absolute atomic E-state index is 11.9. The fraction of sp³-hybridized carbons (Fsp3) is 0.632. The summed E-state index contributed by atoms with van der Waals surface area (Å²) in [4.78, 5) is 14.3. The maximum atomic E-state index is 11.9. The highest BCUT2D eigenvalue weighted by molar-refractivity contribution is 5.75. The van der Waals surface area contributed by atoms with E-state index >= 15 is 0 Å². The predicted molar refractivity (Wildman–Crippen MR) is 94.8 cm³/mol. The molecule has 1 heterocycles. The van der Waals surface area contributed by atoms with Crippen molar-refractivity contribution in [3.8, 4) is 0 Å². The zero-order valence-electron chi connectivity index (χ0n) is 15.0. The van der Waals surface area contributed by atoms with Crippen LogP contribution in [0.25, 0.3) is 0 Å². The number of rotatable bonds is 8. The molecule has 1 aliphatic heterocycles. The van der Waals surface area contributed by atoms with Crippen molar-refractivity contribution in [1.82, 2.24) is 10.2 Å². The zero-order valence-corrected chi connectivity index (χ0v) is 15.0. The summed E-state index contributed by atoms with van der Waals surface area (Å²) in [7, 11) is 0. The number of nitrogens with zero attached hydrogens (tertiary/aromatic N) is 1. The summed E-state index contributed by atoms with van der Waals surface area (Å²) in [6.07, 6.45) is 0.895. The van der Waals surface area contributed by atoms with Crippen LogP contribution < -0.4 is 5.32 Å². The molecule has 1 aromatic rings. The molecule has 5 nitrogen and oxygen atoms in total. The van der Waals surface area contributed by atoms with Crippen molar-refractivity contribution in [2.75, 3.05) is 26.2 Å². The van der Waals surface area contributed by atoms with Gasteiger partial charge in [-0.05, 0) is 26.3 Å². The lowest BCUT2D eigenvalue weighted by atomic mass is 10.1. The van der Waals surface area contributed by atoms with Gasteiger partial charge >= 0.3 is 0 Å². The number of morpholine rings is 1. The lowest BCUT2D eigenvalue weighted by Gasteiger charge is -2.39. The van der Waals surface area contributed by atoms with Crippen LogP contribution in [-0.2, 0) is 20.9 Å². The lowest BCUT2D eigenvalue weighted by molar-refractivity contribution is -0.122. The fourth-order valence-corrected chi connectivity index (χ4v) is 2.99. The van der Waals surface area contributed by atoms with E-state index in [2.05, 4.69) is 31.0 Å². The van der Waals surface area contributed by atoms with Crippen molar-refractivity contribution in [2.24, 2.45) is 0 Å². The Bertz CT molecular complexity index is 485. The molecule has 0 aliphatic carbocycles. The Morgan fingerprint density at radius 3 is 2.62 bits per heavy atom.